The van der Waals surface area contributed by atoms with Crippen molar-refractivity contribution in [2.75, 3.05) is 36.5 Å². The molecule has 0 amide bonds. The van der Waals surface area contributed by atoms with Gasteiger partial charge in [0.1, 0.15) is 11.9 Å². The van der Waals surface area contributed by atoms with E-state index in [0.717, 1.165) is 18.4 Å². The molecule has 0 aliphatic carbocycles. The van der Waals surface area contributed by atoms with Crippen molar-refractivity contribution in [2.24, 2.45) is 0 Å². The number of aromatic nitrogens is 2. The van der Waals surface area contributed by atoms with E-state index in [1.165, 1.54) is 22.6 Å². The zero-order valence-corrected chi connectivity index (χ0v) is 18.4. The highest BCUT2D eigenvalue weighted by Gasteiger charge is 2.47. The van der Waals surface area contributed by atoms with Crippen LogP contribution in [-0.4, -0.2) is 60.7 Å². The lowest BCUT2D eigenvalue weighted by atomic mass is 10.1. The first-order valence-corrected chi connectivity index (χ1v) is 11.3. The van der Waals surface area contributed by atoms with Crippen molar-refractivity contribution in [3.63, 3.8) is 0 Å². The number of methoxy groups -OCH3 is 1. The van der Waals surface area contributed by atoms with Crippen molar-refractivity contribution >= 4 is 11.8 Å². The molecular formula is C23H27F3N4O3. The van der Waals surface area contributed by atoms with Crippen LogP contribution >= 0.6 is 0 Å². The van der Waals surface area contributed by atoms with Gasteiger partial charge in [-0.1, -0.05) is 30.3 Å². The second kappa shape index (κ2) is 8.64. The molecule has 2 bridgehead atoms. The largest absolute Gasteiger partial charge is 0.408 e. The molecule has 0 saturated carbocycles. The summed E-state index contributed by atoms with van der Waals surface area (Å²) in [6, 6.07) is 8.81. The number of benzene rings is 1. The van der Waals surface area contributed by atoms with E-state index in [2.05, 4.69) is 4.98 Å². The number of anilines is 2. The Balaban J connectivity index is 1.53. The number of hydrogen-bond acceptors (Lipinski definition) is 6. The Labute approximate surface area is 189 Å². The van der Waals surface area contributed by atoms with Crippen LogP contribution in [0.15, 0.2) is 41.2 Å². The van der Waals surface area contributed by atoms with Crippen LogP contribution in [0, 0.1) is 0 Å². The molecule has 0 N–H and O–H groups in total. The van der Waals surface area contributed by atoms with Gasteiger partial charge in [-0.2, -0.15) is 18.2 Å². The standard InChI is InChI=1S/C23H27F3N4O3/c1-32-18(15-5-3-2-4-6-15)14-30-19(23(24,25)26)9-10-29-21(31)11-20(27-22(29)30)28-12-16-7-8-17(13-28)33-16/h2-6,11,16-19H,7-10,12-14H2,1H3/t16-,17+,18-,19+/m1/s1. The Morgan fingerprint density at radius 3 is 2.48 bits per heavy atom. The Morgan fingerprint density at radius 1 is 1.15 bits per heavy atom. The van der Waals surface area contributed by atoms with Gasteiger partial charge in [-0.05, 0) is 24.8 Å². The fourth-order valence-corrected chi connectivity index (χ4v) is 5.13. The van der Waals surface area contributed by atoms with Crippen molar-refractivity contribution in [3.05, 3.63) is 52.3 Å². The molecule has 178 valence electrons. The van der Waals surface area contributed by atoms with E-state index in [-0.39, 0.29) is 43.2 Å². The quantitative estimate of drug-likeness (QED) is 0.678. The topological polar surface area (TPSA) is 59.8 Å². The molecule has 4 heterocycles. The minimum atomic E-state index is -4.47. The van der Waals surface area contributed by atoms with E-state index in [4.69, 9.17) is 9.47 Å². The molecule has 5 rings (SSSR count). The predicted octanol–water partition coefficient (Wildman–Crippen LogP) is 3.14. The molecule has 0 radical (unpaired) electrons. The van der Waals surface area contributed by atoms with Gasteiger partial charge in [0.05, 0.1) is 24.9 Å². The second-order valence-electron chi connectivity index (χ2n) is 8.90. The minimum absolute atomic E-state index is 0.0283. The zero-order valence-electron chi connectivity index (χ0n) is 18.4. The van der Waals surface area contributed by atoms with Crippen LogP contribution in [0.3, 0.4) is 0 Å². The number of hydrogen-bond donors (Lipinski definition) is 0. The lowest BCUT2D eigenvalue weighted by molar-refractivity contribution is -0.153. The Hall–Kier alpha value is -2.59. The van der Waals surface area contributed by atoms with E-state index in [0.29, 0.717) is 18.9 Å². The summed E-state index contributed by atoms with van der Waals surface area (Å²) in [6.07, 6.45) is -3.27. The third-order valence-corrected chi connectivity index (χ3v) is 6.80. The van der Waals surface area contributed by atoms with Crippen LogP contribution in [0.1, 0.15) is 30.9 Å². The summed E-state index contributed by atoms with van der Waals surface area (Å²) >= 11 is 0. The Bertz CT molecular complexity index is 1030. The first kappa shape index (κ1) is 22.2. The van der Waals surface area contributed by atoms with Crippen LogP contribution in [0.5, 0.6) is 0 Å². The maximum atomic E-state index is 14.1. The molecule has 2 aromatic rings. The van der Waals surface area contributed by atoms with Gasteiger partial charge in [0.2, 0.25) is 5.95 Å². The molecule has 2 saturated heterocycles. The fraction of sp³-hybridized carbons (Fsp3) is 0.565. The minimum Gasteiger partial charge on any atom is -0.375 e. The predicted molar refractivity (Wildman–Crippen MR) is 117 cm³/mol. The molecule has 2 fully saturated rings. The molecule has 3 aliphatic heterocycles. The van der Waals surface area contributed by atoms with Gasteiger partial charge >= 0.3 is 6.18 Å². The third kappa shape index (κ3) is 4.33. The third-order valence-electron chi connectivity index (χ3n) is 6.80. The average molecular weight is 464 g/mol. The highest BCUT2D eigenvalue weighted by molar-refractivity contribution is 5.47. The maximum absolute atomic E-state index is 14.1. The summed E-state index contributed by atoms with van der Waals surface area (Å²) in [6.45, 7) is 1.06. The average Bonchev–Trinajstić information content (AvgIpc) is 3.14. The summed E-state index contributed by atoms with van der Waals surface area (Å²) in [4.78, 5) is 20.7. The van der Waals surface area contributed by atoms with E-state index >= 15 is 0 Å². The fourth-order valence-electron chi connectivity index (χ4n) is 5.13. The van der Waals surface area contributed by atoms with Crippen LogP contribution in [-0.2, 0) is 16.0 Å². The van der Waals surface area contributed by atoms with Crippen LogP contribution in [0.25, 0.3) is 0 Å². The summed E-state index contributed by atoms with van der Waals surface area (Å²) < 4.78 is 55.0. The normalized spacial score (nSPS) is 25.8. The smallest absolute Gasteiger partial charge is 0.375 e. The maximum Gasteiger partial charge on any atom is 0.408 e. The molecule has 7 nitrogen and oxygen atoms in total. The molecule has 0 spiro atoms. The van der Waals surface area contributed by atoms with Gasteiger partial charge in [0, 0.05) is 32.8 Å². The number of nitrogens with zero attached hydrogens (tertiary/aromatic N) is 4. The van der Waals surface area contributed by atoms with Crippen molar-refractivity contribution in [2.45, 2.75) is 56.3 Å². The number of halogens is 3. The van der Waals surface area contributed by atoms with Crippen LogP contribution in [0.2, 0.25) is 0 Å². The first-order chi connectivity index (χ1) is 15.8. The van der Waals surface area contributed by atoms with Crippen LogP contribution in [0.4, 0.5) is 24.9 Å². The highest BCUT2D eigenvalue weighted by atomic mass is 19.4. The van der Waals surface area contributed by atoms with Gasteiger partial charge in [-0.3, -0.25) is 9.36 Å². The molecule has 3 aliphatic rings. The molecule has 33 heavy (non-hydrogen) atoms. The molecule has 1 aromatic heterocycles. The van der Waals surface area contributed by atoms with Crippen molar-refractivity contribution < 1.29 is 22.6 Å². The molecule has 1 aromatic carbocycles. The van der Waals surface area contributed by atoms with E-state index in [9.17, 15) is 18.0 Å². The molecular weight excluding hydrogens is 437 g/mol. The van der Waals surface area contributed by atoms with Crippen molar-refractivity contribution in [3.8, 4) is 0 Å². The number of rotatable bonds is 5. The van der Waals surface area contributed by atoms with Gasteiger partial charge in [0.25, 0.3) is 5.56 Å². The molecule has 4 atom stereocenters. The molecule has 0 unspecified atom stereocenters. The van der Waals surface area contributed by atoms with Gasteiger partial charge in [-0.25, -0.2) is 0 Å². The summed E-state index contributed by atoms with van der Waals surface area (Å²) in [7, 11) is 1.48. The van der Waals surface area contributed by atoms with E-state index in [1.54, 1.807) is 0 Å². The van der Waals surface area contributed by atoms with Crippen molar-refractivity contribution in [1.82, 2.24) is 9.55 Å². The molecule has 10 heteroatoms. The monoisotopic (exact) mass is 464 g/mol. The summed E-state index contributed by atoms with van der Waals surface area (Å²) in [5.74, 6) is 0.454. The number of ether oxygens (including phenoxy) is 2. The van der Waals surface area contributed by atoms with E-state index in [1.807, 2.05) is 35.2 Å². The lowest BCUT2D eigenvalue weighted by Crippen LogP contribution is -2.54. The number of fused-ring (bicyclic) bond motifs is 3. The number of alkyl halides is 3. The Morgan fingerprint density at radius 2 is 1.85 bits per heavy atom. The first-order valence-electron chi connectivity index (χ1n) is 11.3. The van der Waals surface area contributed by atoms with Crippen LogP contribution < -0.4 is 15.4 Å². The van der Waals surface area contributed by atoms with Gasteiger partial charge in [-0.15, -0.1) is 0 Å². The van der Waals surface area contributed by atoms with Gasteiger partial charge in [0.15, 0.2) is 0 Å². The summed E-state index contributed by atoms with van der Waals surface area (Å²) in [5.41, 5.74) is 0.425. The second-order valence-corrected chi connectivity index (χ2v) is 8.90. The zero-order chi connectivity index (χ0) is 23.2. The van der Waals surface area contributed by atoms with Crippen molar-refractivity contribution in [1.29, 1.82) is 0 Å². The Kier molecular flexibility index (Phi) is 5.82. The highest BCUT2D eigenvalue weighted by Crippen LogP contribution is 2.36. The van der Waals surface area contributed by atoms with Gasteiger partial charge < -0.3 is 19.3 Å². The summed E-state index contributed by atoms with van der Waals surface area (Å²) in [5, 5.41) is 0. The SMILES string of the molecule is CO[C@H](CN1c2nc(N3C[C@H]4CC[C@@H](C3)O4)cc(=O)n2CC[C@H]1C(F)(F)F)c1ccccc1. The van der Waals surface area contributed by atoms with E-state index < -0.39 is 18.3 Å². The number of morpholine rings is 1. The lowest BCUT2D eigenvalue weighted by Gasteiger charge is -2.41.